The van der Waals surface area contributed by atoms with Gasteiger partial charge in [-0.1, -0.05) is 78.9 Å². The van der Waals surface area contributed by atoms with Gasteiger partial charge >= 0.3 is 0 Å². The SMILES string of the molecule is O=S(=O)(c1ccccc1)N1CCCC1C(O)(c1ccccc1)c1ccccc1. The minimum absolute atomic E-state index is 0.255. The maximum Gasteiger partial charge on any atom is 0.243 e. The Labute approximate surface area is 166 Å². The molecule has 28 heavy (non-hydrogen) atoms. The van der Waals surface area contributed by atoms with E-state index in [0.29, 0.717) is 30.5 Å². The molecule has 1 fully saturated rings. The number of hydrogen-bond donors (Lipinski definition) is 1. The topological polar surface area (TPSA) is 57.6 Å². The fraction of sp³-hybridized carbons (Fsp3) is 0.217. The lowest BCUT2D eigenvalue weighted by molar-refractivity contribution is 0.0204. The van der Waals surface area contributed by atoms with Crippen molar-refractivity contribution >= 4 is 10.0 Å². The van der Waals surface area contributed by atoms with Gasteiger partial charge < -0.3 is 5.11 Å². The van der Waals surface area contributed by atoms with Crippen LogP contribution in [-0.2, 0) is 15.6 Å². The van der Waals surface area contributed by atoms with Crippen LogP contribution in [0.2, 0.25) is 0 Å². The fourth-order valence-corrected chi connectivity index (χ4v) is 5.84. The van der Waals surface area contributed by atoms with E-state index in [-0.39, 0.29) is 4.90 Å². The highest BCUT2D eigenvalue weighted by molar-refractivity contribution is 7.89. The maximum atomic E-state index is 13.4. The van der Waals surface area contributed by atoms with Crippen LogP contribution in [0.15, 0.2) is 95.9 Å². The normalized spacial score (nSPS) is 18.2. The molecule has 144 valence electrons. The van der Waals surface area contributed by atoms with E-state index < -0.39 is 21.7 Å². The molecule has 0 spiro atoms. The van der Waals surface area contributed by atoms with E-state index in [1.165, 1.54) is 4.31 Å². The average Bonchev–Trinajstić information content (AvgIpc) is 3.26. The molecule has 3 aromatic carbocycles. The molecular formula is C23H23NO3S. The van der Waals surface area contributed by atoms with Gasteiger partial charge in [-0.15, -0.1) is 0 Å². The molecule has 1 N–H and O–H groups in total. The third kappa shape index (κ3) is 3.15. The summed E-state index contributed by atoms with van der Waals surface area (Å²) in [4.78, 5) is 0.255. The predicted octanol–water partition coefficient (Wildman–Crippen LogP) is 3.78. The smallest absolute Gasteiger partial charge is 0.243 e. The first kappa shape index (κ1) is 18.9. The molecule has 0 amide bonds. The number of benzene rings is 3. The minimum atomic E-state index is -3.71. The second-order valence-electron chi connectivity index (χ2n) is 7.09. The van der Waals surface area contributed by atoms with Crippen LogP contribution >= 0.6 is 0 Å². The maximum absolute atomic E-state index is 13.4. The highest BCUT2D eigenvalue weighted by atomic mass is 32.2. The molecule has 1 aliphatic rings. The summed E-state index contributed by atoms with van der Waals surface area (Å²) in [6.45, 7) is 0.393. The van der Waals surface area contributed by atoms with Crippen LogP contribution in [0.4, 0.5) is 0 Å². The van der Waals surface area contributed by atoms with Gasteiger partial charge in [0.05, 0.1) is 10.9 Å². The standard InChI is InChI=1S/C23H23NO3S/c25-23(19-11-4-1-5-12-19,20-13-6-2-7-14-20)22-17-10-18-24(22)28(26,27)21-15-8-3-9-16-21/h1-9,11-16,22,25H,10,17-18H2. The quantitative estimate of drug-likeness (QED) is 0.718. The first-order valence-corrected chi connectivity index (χ1v) is 10.9. The van der Waals surface area contributed by atoms with E-state index in [0.717, 1.165) is 0 Å². The van der Waals surface area contributed by atoms with Gasteiger partial charge in [-0.3, -0.25) is 0 Å². The molecule has 0 aliphatic carbocycles. The van der Waals surface area contributed by atoms with Gasteiger partial charge in [-0.05, 0) is 36.1 Å². The highest BCUT2D eigenvalue weighted by Gasteiger charge is 2.49. The molecular weight excluding hydrogens is 370 g/mol. The van der Waals surface area contributed by atoms with Crippen molar-refractivity contribution in [3.8, 4) is 0 Å². The number of rotatable bonds is 5. The second-order valence-corrected chi connectivity index (χ2v) is 8.98. The molecule has 5 heteroatoms. The van der Waals surface area contributed by atoms with Gasteiger partial charge in [0, 0.05) is 6.54 Å². The van der Waals surface area contributed by atoms with Gasteiger partial charge in [0.25, 0.3) is 0 Å². The second kappa shape index (κ2) is 7.51. The summed E-state index contributed by atoms with van der Waals surface area (Å²) < 4.78 is 28.2. The minimum Gasteiger partial charge on any atom is -0.379 e. The third-order valence-corrected chi connectivity index (χ3v) is 7.39. The molecule has 3 aromatic rings. The number of nitrogens with zero attached hydrogens (tertiary/aromatic N) is 1. The molecule has 4 nitrogen and oxygen atoms in total. The Bertz CT molecular complexity index is 982. The van der Waals surface area contributed by atoms with Crippen molar-refractivity contribution in [2.24, 2.45) is 0 Å². The summed E-state index contributed by atoms with van der Waals surface area (Å²) in [6, 6.07) is 26.6. The van der Waals surface area contributed by atoms with Crippen LogP contribution < -0.4 is 0 Å². The van der Waals surface area contributed by atoms with E-state index in [9.17, 15) is 13.5 Å². The van der Waals surface area contributed by atoms with Crippen molar-refractivity contribution in [1.82, 2.24) is 4.31 Å². The first-order valence-electron chi connectivity index (χ1n) is 9.45. The molecule has 1 atom stereocenters. The summed E-state index contributed by atoms with van der Waals surface area (Å²) in [5.74, 6) is 0. The largest absolute Gasteiger partial charge is 0.379 e. The predicted molar refractivity (Wildman–Crippen MR) is 109 cm³/mol. The van der Waals surface area contributed by atoms with Crippen molar-refractivity contribution in [3.05, 3.63) is 102 Å². The Morgan fingerprint density at radius 1 is 0.786 bits per heavy atom. The summed E-state index contributed by atoms with van der Waals surface area (Å²) in [7, 11) is -3.71. The van der Waals surface area contributed by atoms with Gasteiger partial charge in [0.15, 0.2) is 0 Å². The fourth-order valence-electron chi connectivity index (χ4n) is 4.11. The first-order chi connectivity index (χ1) is 13.5. The van der Waals surface area contributed by atoms with E-state index in [1.807, 2.05) is 60.7 Å². The van der Waals surface area contributed by atoms with Crippen LogP contribution in [0, 0.1) is 0 Å². The zero-order valence-corrected chi connectivity index (χ0v) is 16.3. The van der Waals surface area contributed by atoms with E-state index in [4.69, 9.17) is 0 Å². The monoisotopic (exact) mass is 393 g/mol. The lowest BCUT2D eigenvalue weighted by atomic mass is 9.79. The third-order valence-electron chi connectivity index (χ3n) is 5.46. The Morgan fingerprint density at radius 3 is 1.75 bits per heavy atom. The molecule has 0 saturated carbocycles. The summed E-state index contributed by atoms with van der Waals surface area (Å²) in [6.07, 6.45) is 1.30. The van der Waals surface area contributed by atoms with Crippen LogP contribution in [0.3, 0.4) is 0 Å². The van der Waals surface area contributed by atoms with Crippen molar-refractivity contribution in [2.75, 3.05) is 6.54 Å². The molecule has 1 saturated heterocycles. The molecule has 1 unspecified atom stereocenters. The molecule has 0 aromatic heterocycles. The van der Waals surface area contributed by atoms with E-state index in [2.05, 4.69) is 0 Å². The number of hydrogen-bond acceptors (Lipinski definition) is 3. The number of sulfonamides is 1. The van der Waals surface area contributed by atoms with Crippen molar-refractivity contribution in [3.63, 3.8) is 0 Å². The molecule has 4 rings (SSSR count). The molecule has 1 aliphatic heterocycles. The van der Waals surface area contributed by atoms with Crippen LogP contribution in [0.1, 0.15) is 24.0 Å². The summed E-state index contributed by atoms with van der Waals surface area (Å²) in [5, 5.41) is 12.0. The van der Waals surface area contributed by atoms with Gasteiger partial charge in [-0.2, -0.15) is 4.31 Å². The lowest BCUT2D eigenvalue weighted by Gasteiger charge is -2.39. The van der Waals surface area contributed by atoms with E-state index >= 15 is 0 Å². The van der Waals surface area contributed by atoms with Crippen molar-refractivity contribution in [1.29, 1.82) is 0 Å². The zero-order chi connectivity index (χ0) is 19.6. The summed E-state index contributed by atoms with van der Waals surface area (Å²) >= 11 is 0. The summed E-state index contributed by atoms with van der Waals surface area (Å²) in [5.41, 5.74) is -0.0383. The highest BCUT2D eigenvalue weighted by Crippen LogP contribution is 2.42. The van der Waals surface area contributed by atoms with Gasteiger partial charge in [-0.25, -0.2) is 8.42 Å². The zero-order valence-electron chi connectivity index (χ0n) is 15.5. The Kier molecular flexibility index (Phi) is 5.06. The Balaban J connectivity index is 1.85. The number of aliphatic hydroxyl groups is 1. The average molecular weight is 394 g/mol. The molecule has 0 bridgehead atoms. The van der Waals surface area contributed by atoms with Crippen molar-refractivity contribution < 1.29 is 13.5 Å². The Hall–Kier alpha value is -2.47. The van der Waals surface area contributed by atoms with Gasteiger partial charge in [0.1, 0.15) is 5.60 Å². The van der Waals surface area contributed by atoms with E-state index in [1.54, 1.807) is 30.3 Å². The van der Waals surface area contributed by atoms with Crippen LogP contribution in [0.25, 0.3) is 0 Å². The van der Waals surface area contributed by atoms with Gasteiger partial charge in [0.2, 0.25) is 10.0 Å². The lowest BCUT2D eigenvalue weighted by Crippen LogP contribution is -2.50. The molecule has 1 heterocycles. The Morgan fingerprint density at radius 2 is 1.25 bits per heavy atom. The van der Waals surface area contributed by atoms with Crippen molar-refractivity contribution in [2.45, 2.75) is 29.4 Å². The van der Waals surface area contributed by atoms with Crippen LogP contribution in [0.5, 0.6) is 0 Å². The van der Waals surface area contributed by atoms with Crippen LogP contribution in [-0.4, -0.2) is 30.4 Å². The molecule has 0 radical (unpaired) electrons.